The number of nitrogens with one attached hydrogen (secondary N) is 1. The van der Waals surface area contributed by atoms with Crippen molar-refractivity contribution >= 4 is 22.4 Å². The van der Waals surface area contributed by atoms with E-state index in [0.717, 1.165) is 11.3 Å². The lowest BCUT2D eigenvalue weighted by atomic mass is 10.3. The van der Waals surface area contributed by atoms with Crippen LogP contribution in [0.2, 0.25) is 0 Å². The molecule has 5 nitrogen and oxygen atoms in total. The van der Waals surface area contributed by atoms with Gasteiger partial charge in [-0.15, -0.1) is 0 Å². The van der Waals surface area contributed by atoms with Crippen molar-refractivity contribution in [2.24, 2.45) is 0 Å². The molecule has 1 heterocycles. The molecule has 0 radical (unpaired) electrons. The summed E-state index contributed by atoms with van der Waals surface area (Å²) in [6.45, 7) is 3.56. The Morgan fingerprint density at radius 1 is 1.79 bits per heavy atom. The van der Waals surface area contributed by atoms with Gasteiger partial charge in [0.2, 0.25) is 0 Å². The van der Waals surface area contributed by atoms with Gasteiger partial charge in [-0.3, -0.25) is 4.79 Å². The summed E-state index contributed by atoms with van der Waals surface area (Å²) < 4.78 is 0. The van der Waals surface area contributed by atoms with E-state index in [2.05, 4.69) is 10.3 Å². The number of thiazole rings is 1. The first-order valence-corrected chi connectivity index (χ1v) is 5.01. The molecule has 6 heteroatoms. The third-order valence-electron chi connectivity index (χ3n) is 1.58. The Bertz CT molecular complexity index is 335. The predicted octanol–water partition coefficient (Wildman–Crippen LogP) is 0.144. The summed E-state index contributed by atoms with van der Waals surface area (Å²) in [7, 11) is 0. The first kappa shape index (κ1) is 10.9. The zero-order valence-electron chi connectivity index (χ0n) is 8.07. The van der Waals surface area contributed by atoms with Crippen LogP contribution in [0.4, 0.5) is 5.13 Å². The van der Waals surface area contributed by atoms with E-state index in [1.165, 1.54) is 0 Å². The highest BCUT2D eigenvalue weighted by Gasteiger charge is 2.13. The van der Waals surface area contributed by atoms with Crippen molar-refractivity contribution in [3.05, 3.63) is 10.6 Å². The summed E-state index contributed by atoms with van der Waals surface area (Å²) in [4.78, 5) is 15.9. The number of aromatic nitrogens is 1. The van der Waals surface area contributed by atoms with E-state index in [4.69, 9.17) is 10.8 Å². The van der Waals surface area contributed by atoms with Gasteiger partial charge in [0, 0.05) is 6.54 Å². The van der Waals surface area contributed by atoms with Crippen molar-refractivity contribution < 1.29 is 9.90 Å². The summed E-state index contributed by atoms with van der Waals surface area (Å²) in [5.74, 6) is -0.238. The van der Waals surface area contributed by atoms with E-state index < -0.39 is 6.10 Å². The number of hydrogen-bond donors (Lipinski definition) is 3. The van der Waals surface area contributed by atoms with Crippen LogP contribution in [-0.2, 0) is 0 Å². The van der Waals surface area contributed by atoms with Gasteiger partial charge in [-0.1, -0.05) is 11.3 Å². The lowest BCUT2D eigenvalue weighted by Gasteiger charge is -2.05. The fraction of sp³-hybridized carbons (Fsp3) is 0.500. The fourth-order valence-corrected chi connectivity index (χ4v) is 1.70. The highest BCUT2D eigenvalue weighted by Crippen LogP contribution is 2.19. The van der Waals surface area contributed by atoms with Crippen LogP contribution in [0.15, 0.2) is 0 Å². The van der Waals surface area contributed by atoms with Crippen LogP contribution in [0.3, 0.4) is 0 Å². The molecule has 0 unspecified atom stereocenters. The molecular formula is C8H13N3O2S. The van der Waals surface area contributed by atoms with Crippen molar-refractivity contribution in [2.75, 3.05) is 12.3 Å². The first-order chi connectivity index (χ1) is 6.50. The van der Waals surface area contributed by atoms with E-state index in [9.17, 15) is 4.79 Å². The number of aliphatic hydroxyl groups is 1. The fourth-order valence-electron chi connectivity index (χ4n) is 0.949. The molecule has 0 fully saturated rings. The summed E-state index contributed by atoms with van der Waals surface area (Å²) >= 11 is 1.15. The SMILES string of the molecule is Cc1nc(N)sc1C(=O)NC[C@@H](C)O. The number of anilines is 1. The minimum Gasteiger partial charge on any atom is -0.392 e. The maximum atomic E-state index is 11.5. The Morgan fingerprint density at radius 2 is 2.43 bits per heavy atom. The van der Waals surface area contributed by atoms with Crippen LogP contribution < -0.4 is 11.1 Å². The van der Waals surface area contributed by atoms with Gasteiger partial charge in [-0.25, -0.2) is 4.98 Å². The second kappa shape index (κ2) is 4.39. The van der Waals surface area contributed by atoms with Crippen molar-refractivity contribution in [1.29, 1.82) is 0 Å². The first-order valence-electron chi connectivity index (χ1n) is 4.20. The van der Waals surface area contributed by atoms with Gasteiger partial charge in [-0.2, -0.15) is 0 Å². The molecule has 0 aliphatic carbocycles. The van der Waals surface area contributed by atoms with E-state index in [1.807, 2.05) is 0 Å². The smallest absolute Gasteiger partial charge is 0.263 e. The summed E-state index contributed by atoms with van der Waals surface area (Å²) in [5.41, 5.74) is 6.07. The van der Waals surface area contributed by atoms with Gasteiger partial charge in [0.15, 0.2) is 5.13 Å². The van der Waals surface area contributed by atoms with Crippen LogP contribution in [-0.4, -0.2) is 28.6 Å². The molecule has 0 aromatic carbocycles. The van der Waals surface area contributed by atoms with Gasteiger partial charge < -0.3 is 16.2 Å². The lowest BCUT2D eigenvalue weighted by molar-refractivity contribution is 0.0927. The van der Waals surface area contributed by atoms with Gasteiger partial charge >= 0.3 is 0 Å². The second-order valence-corrected chi connectivity index (χ2v) is 4.06. The monoisotopic (exact) mass is 215 g/mol. The van der Waals surface area contributed by atoms with Crippen LogP contribution in [0.5, 0.6) is 0 Å². The molecule has 0 spiro atoms. The lowest BCUT2D eigenvalue weighted by Crippen LogP contribution is -2.30. The predicted molar refractivity (Wildman–Crippen MR) is 55.3 cm³/mol. The Labute approximate surface area is 86.0 Å². The Balaban J connectivity index is 2.65. The topological polar surface area (TPSA) is 88.2 Å². The quantitative estimate of drug-likeness (QED) is 0.669. The molecule has 0 saturated heterocycles. The van der Waals surface area contributed by atoms with E-state index in [0.29, 0.717) is 15.7 Å². The summed E-state index contributed by atoms with van der Waals surface area (Å²) in [5, 5.41) is 11.9. The zero-order valence-corrected chi connectivity index (χ0v) is 8.89. The van der Waals surface area contributed by atoms with E-state index in [1.54, 1.807) is 13.8 Å². The van der Waals surface area contributed by atoms with Gasteiger partial charge in [0.05, 0.1) is 11.8 Å². The highest BCUT2D eigenvalue weighted by molar-refractivity contribution is 7.17. The minimum atomic E-state index is -0.551. The van der Waals surface area contributed by atoms with Crippen LogP contribution in [0, 0.1) is 6.92 Å². The molecular weight excluding hydrogens is 202 g/mol. The molecule has 1 amide bonds. The Hall–Kier alpha value is -1.14. The van der Waals surface area contributed by atoms with Gasteiger partial charge in [0.25, 0.3) is 5.91 Å². The molecule has 78 valence electrons. The minimum absolute atomic E-state index is 0.232. The normalized spacial score (nSPS) is 12.5. The third-order valence-corrected chi connectivity index (χ3v) is 2.56. The number of nitrogens with two attached hydrogens (primary N) is 1. The van der Waals surface area contributed by atoms with E-state index >= 15 is 0 Å². The zero-order chi connectivity index (χ0) is 10.7. The molecule has 0 saturated carbocycles. The Morgan fingerprint density at radius 3 is 2.86 bits per heavy atom. The maximum Gasteiger partial charge on any atom is 0.263 e. The molecule has 1 atom stereocenters. The molecule has 14 heavy (non-hydrogen) atoms. The van der Waals surface area contributed by atoms with Gasteiger partial charge in [0.1, 0.15) is 4.88 Å². The van der Waals surface area contributed by atoms with Crippen LogP contribution in [0.25, 0.3) is 0 Å². The molecule has 4 N–H and O–H groups in total. The average molecular weight is 215 g/mol. The van der Waals surface area contributed by atoms with E-state index in [-0.39, 0.29) is 12.5 Å². The number of carbonyl (C=O) groups is 1. The van der Waals surface area contributed by atoms with Crippen molar-refractivity contribution in [3.8, 4) is 0 Å². The van der Waals surface area contributed by atoms with Crippen molar-refractivity contribution in [1.82, 2.24) is 10.3 Å². The number of hydrogen-bond acceptors (Lipinski definition) is 5. The number of nitrogens with zero attached hydrogens (tertiary/aromatic N) is 1. The molecule has 0 bridgehead atoms. The van der Waals surface area contributed by atoms with Crippen LogP contribution in [0.1, 0.15) is 22.3 Å². The van der Waals surface area contributed by atoms with Crippen molar-refractivity contribution in [3.63, 3.8) is 0 Å². The molecule has 1 rings (SSSR count). The third kappa shape index (κ3) is 2.68. The standard InChI is InChI=1S/C8H13N3O2S/c1-4(12)3-10-7(13)6-5(2)11-8(9)14-6/h4,12H,3H2,1-2H3,(H2,9,11)(H,10,13)/t4-/m1/s1. The number of aliphatic hydroxyl groups excluding tert-OH is 1. The number of carbonyl (C=O) groups excluding carboxylic acids is 1. The molecule has 1 aromatic rings. The largest absolute Gasteiger partial charge is 0.392 e. The van der Waals surface area contributed by atoms with Gasteiger partial charge in [-0.05, 0) is 13.8 Å². The van der Waals surface area contributed by atoms with Crippen molar-refractivity contribution in [2.45, 2.75) is 20.0 Å². The number of amides is 1. The average Bonchev–Trinajstić information content (AvgIpc) is 2.41. The molecule has 0 aliphatic rings. The number of rotatable bonds is 3. The maximum absolute atomic E-state index is 11.5. The molecule has 1 aromatic heterocycles. The number of nitrogen functional groups attached to an aromatic ring is 1. The second-order valence-electron chi connectivity index (χ2n) is 3.03. The summed E-state index contributed by atoms with van der Waals surface area (Å²) in [6, 6.07) is 0. The molecule has 0 aliphatic heterocycles. The van der Waals surface area contributed by atoms with Crippen LogP contribution >= 0.6 is 11.3 Å². The summed E-state index contributed by atoms with van der Waals surface area (Å²) in [6.07, 6.45) is -0.551. The highest BCUT2D eigenvalue weighted by atomic mass is 32.1. The Kier molecular flexibility index (Phi) is 3.43. The number of aryl methyl sites for hydroxylation is 1.